The van der Waals surface area contributed by atoms with E-state index < -0.39 is 30.1 Å². The lowest BCUT2D eigenvalue weighted by Crippen LogP contribution is -2.58. The molecule has 0 saturated carbocycles. The van der Waals surface area contributed by atoms with Gasteiger partial charge in [-0.1, -0.05) is 0 Å². The molecule has 2 rings (SSSR count). The number of nitrogens with one attached hydrogen (secondary N) is 1. The summed E-state index contributed by atoms with van der Waals surface area (Å²) in [5.74, 6) is -1.28. The third kappa shape index (κ3) is 4.88. The molecule has 6 nitrogen and oxygen atoms in total. The number of piperidine rings is 2. The Hall–Kier alpha value is -1.35. The van der Waals surface area contributed by atoms with Crippen molar-refractivity contribution in [3.63, 3.8) is 0 Å². The van der Waals surface area contributed by atoms with Crippen LogP contribution in [0.1, 0.15) is 32.6 Å². The van der Waals surface area contributed by atoms with Crippen LogP contribution in [0.4, 0.5) is 13.2 Å². The van der Waals surface area contributed by atoms with Gasteiger partial charge in [-0.2, -0.15) is 13.2 Å². The zero-order valence-corrected chi connectivity index (χ0v) is 15.4. The lowest BCUT2D eigenvalue weighted by Gasteiger charge is -2.42. The predicted octanol–water partition coefficient (Wildman–Crippen LogP) is 1.40. The fraction of sp³-hybridized carbons (Fsp3) is 0.882. The molecular formula is C17H28F3N3O3. The van der Waals surface area contributed by atoms with Gasteiger partial charge >= 0.3 is 6.18 Å². The molecule has 0 spiro atoms. The maximum Gasteiger partial charge on any atom is 0.406 e. The smallest absolute Gasteiger partial charge is 0.368 e. The molecule has 0 aromatic rings. The highest BCUT2D eigenvalue weighted by molar-refractivity contribution is 5.87. The first-order valence-corrected chi connectivity index (χ1v) is 9.13. The van der Waals surface area contributed by atoms with Gasteiger partial charge in [-0.05, 0) is 45.7 Å². The maximum absolute atomic E-state index is 13.0. The number of amides is 2. The van der Waals surface area contributed by atoms with Gasteiger partial charge in [-0.3, -0.25) is 9.59 Å². The lowest BCUT2D eigenvalue weighted by molar-refractivity contribution is -0.168. The van der Waals surface area contributed by atoms with Gasteiger partial charge < -0.3 is 19.9 Å². The molecule has 1 unspecified atom stereocenters. The third-order valence-electron chi connectivity index (χ3n) is 5.31. The monoisotopic (exact) mass is 379 g/mol. The number of ether oxygens (including phenoxy) is 1. The van der Waals surface area contributed by atoms with Crippen LogP contribution in [0, 0.1) is 5.92 Å². The molecule has 0 aromatic heterocycles. The van der Waals surface area contributed by atoms with E-state index in [1.54, 1.807) is 4.90 Å². The number of methoxy groups -OCH3 is 1. The van der Waals surface area contributed by atoms with Crippen molar-refractivity contribution in [3.8, 4) is 0 Å². The molecule has 2 aliphatic rings. The predicted molar refractivity (Wildman–Crippen MR) is 89.5 cm³/mol. The molecule has 26 heavy (non-hydrogen) atoms. The summed E-state index contributed by atoms with van der Waals surface area (Å²) in [6.07, 6.45) is -2.23. The number of halogens is 3. The molecule has 0 aliphatic carbocycles. The number of rotatable bonds is 5. The lowest BCUT2D eigenvalue weighted by atomic mass is 9.88. The van der Waals surface area contributed by atoms with Crippen LogP contribution in [0.25, 0.3) is 0 Å². The van der Waals surface area contributed by atoms with Crippen molar-refractivity contribution in [1.29, 1.82) is 0 Å². The van der Waals surface area contributed by atoms with Gasteiger partial charge in [-0.25, -0.2) is 0 Å². The van der Waals surface area contributed by atoms with E-state index in [0.29, 0.717) is 45.3 Å². The van der Waals surface area contributed by atoms with E-state index in [0.717, 1.165) is 4.90 Å². The number of carbonyl (C=O) groups excluding carboxylic acids is 2. The number of hydrogen-bond donors (Lipinski definition) is 1. The Labute approximate surface area is 152 Å². The molecule has 0 radical (unpaired) electrons. The van der Waals surface area contributed by atoms with E-state index in [1.165, 1.54) is 14.0 Å². The SMILES string of the molecule is CCN(CC(F)(F)F)C(=O)C1CCCN(C(=O)C2(OC)CCNCC2)C1. The summed E-state index contributed by atoms with van der Waals surface area (Å²) in [4.78, 5) is 28.0. The molecule has 2 amide bonds. The summed E-state index contributed by atoms with van der Waals surface area (Å²) >= 11 is 0. The summed E-state index contributed by atoms with van der Waals surface area (Å²) in [5.41, 5.74) is -0.896. The maximum atomic E-state index is 13.0. The normalized spacial score (nSPS) is 23.6. The Morgan fingerprint density at radius 3 is 2.50 bits per heavy atom. The highest BCUT2D eigenvalue weighted by Crippen LogP contribution is 2.29. The van der Waals surface area contributed by atoms with Crippen LogP contribution in [0.5, 0.6) is 0 Å². The van der Waals surface area contributed by atoms with E-state index in [9.17, 15) is 22.8 Å². The van der Waals surface area contributed by atoms with Crippen molar-refractivity contribution < 1.29 is 27.5 Å². The van der Waals surface area contributed by atoms with Crippen LogP contribution in [0.3, 0.4) is 0 Å². The number of carbonyl (C=O) groups is 2. The van der Waals surface area contributed by atoms with Crippen LogP contribution >= 0.6 is 0 Å². The van der Waals surface area contributed by atoms with E-state index in [4.69, 9.17) is 4.74 Å². The van der Waals surface area contributed by atoms with E-state index >= 15 is 0 Å². The van der Waals surface area contributed by atoms with Crippen molar-refractivity contribution >= 4 is 11.8 Å². The minimum atomic E-state index is -4.43. The fourth-order valence-electron chi connectivity index (χ4n) is 3.81. The molecule has 0 bridgehead atoms. The number of likely N-dealkylation sites (tertiary alicyclic amines) is 1. The van der Waals surface area contributed by atoms with Crippen LogP contribution in [0.2, 0.25) is 0 Å². The van der Waals surface area contributed by atoms with Crippen molar-refractivity contribution in [2.45, 2.75) is 44.4 Å². The largest absolute Gasteiger partial charge is 0.406 e. The first-order chi connectivity index (χ1) is 12.2. The first-order valence-electron chi connectivity index (χ1n) is 9.13. The van der Waals surface area contributed by atoms with E-state index in [2.05, 4.69) is 5.32 Å². The third-order valence-corrected chi connectivity index (χ3v) is 5.31. The van der Waals surface area contributed by atoms with Crippen molar-refractivity contribution in [2.75, 3.05) is 46.4 Å². The quantitative estimate of drug-likeness (QED) is 0.785. The zero-order valence-electron chi connectivity index (χ0n) is 15.4. The van der Waals surface area contributed by atoms with Crippen LogP contribution in [0.15, 0.2) is 0 Å². The second-order valence-electron chi connectivity index (χ2n) is 7.01. The Bertz CT molecular complexity index is 507. The van der Waals surface area contributed by atoms with Gasteiger partial charge in [0.15, 0.2) is 0 Å². The summed E-state index contributed by atoms with van der Waals surface area (Å²) in [6.45, 7) is 2.29. The number of alkyl halides is 3. The first kappa shape index (κ1) is 21.0. The minimum Gasteiger partial charge on any atom is -0.368 e. The van der Waals surface area contributed by atoms with Crippen molar-refractivity contribution in [1.82, 2.24) is 15.1 Å². The van der Waals surface area contributed by atoms with Crippen LogP contribution in [-0.4, -0.2) is 79.8 Å². The highest BCUT2D eigenvalue weighted by atomic mass is 19.4. The van der Waals surface area contributed by atoms with Gasteiger partial charge in [0.1, 0.15) is 12.1 Å². The number of hydrogen-bond acceptors (Lipinski definition) is 4. The molecule has 0 aromatic carbocycles. The summed E-state index contributed by atoms with van der Waals surface area (Å²) in [7, 11) is 1.51. The minimum absolute atomic E-state index is 0.00350. The van der Waals surface area contributed by atoms with Gasteiger partial charge in [0, 0.05) is 26.7 Å². The Morgan fingerprint density at radius 2 is 1.96 bits per heavy atom. The van der Waals surface area contributed by atoms with E-state index in [-0.39, 0.29) is 19.0 Å². The van der Waals surface area contributed by atoms with Gasteiger partial charge in [0.2, 0.25) is 5.91 Å². The van der Waals surface area contributed by atoms with Crippen LogP contribution in [-0.2, 0) is 14.3 Å². The molecular weight excluding hydrogens is 351 g/mol. The molecule has 2 aliphatic heterocycles. The Morgan fingerprint density at radius 1 is 1.31 bits per heavy atom. The van der Waals surface area contributed by atoms with Crippen molar-refractivity contribution in [2.24, 2.45) is 5.92 Å². The Balaban J connectivity index is 2.05. The van der Waals surface area contributed by atoms with Gasteiger partial charge in [0.25, 0.3) is 5.91 Å². The summed E-state index contributed by atoms with van der Waals surface area (Å²) < 4.78 is 43.6. The molecule has 2 heterocycles. The molecule has 9 heteroatoms. The molecule has 1 atom stereocenters. The standard InChI is InChI=1S/C17H28F3N3O3/c1-3-22(12-17(18,19)20)14(24)13-5-4-10-23(11-13)15(25)16(26-2)6-8-21-9-7-16/h13,21H,3-12H2,1-2H3. The van der Waals surface area contributed by atoms with Gasteiger partial charge in [-0.15, -0.1) is 0 Å². The van der Waals surface area contributed by atoms with Crippen molar-refractivity contribution in [3.05, 3.63) is 0 Å². The molecule has 2 saturated heterocycles. The van der Waals surface area contributed by atoms with E-state index in [1.807, 2.05) is 0 Å². The Kier molecular flexibility index (Phi) is 6.90. The second kappa shape index (κ2) is 8.56. The van der Waals surface area contributed by atoms with Crippen LogP contribution < -0.4 is 5.32 Å². The zero-order chi connectivity index (χ0) is 19.4. The van der Waals surface area contributed by atoms with Gasteiger partial charge in [0.05, 0.1) is 5.92 Å². The summed E-state index contributed by atoms with van der Waals surface area (Å²) in [5, 5.41) is 3.18. The second-order valence-corrected chi connectivity index (χ2v) is 7.01. The molecule has 1 N–H and O–H groups in total. The molecule has 2 fully saturated rings. The fourth-order valence-corrected chi connectivity index (χ4v) is 3.81. The molecule has 150 valence electrons. The average Bonchev–Trinajstić information content (AvgIpc) is 2.64. The summed E-state index contributed by atoms with van der Waals surface area (Å²) in [6, 6.07) is 0. The highest BCUT2D eigenvalue weighted by Gasteiger charge is 2.44. The topological polar surface area (TPSA) is 61.9 Å². The average molecular weight is 379 g/mol. The number of nitrogens with zero attached hydrogens (tertiary/aromatic N) is 2.